The molecule has 3 nitrogen and oxygen atoms in total. The van der Waals surface area contributed by atoms with Gasteiger partial charge in [-0.3, -0.25) is 4.18 Å². The molecule has 6 heteroatoms. The van der Waals surface area contributed by atoms with Gasteiger partial charge in [-0.1, -0.05) is 32.0 Å². The van der Waals surface area contributed by atoms with E-state index >= 15 is 0 Å². The molecule has 0 N–H and O–H groups in total. The van der Waals surface area contributed by atoms with Crippen LogP contribution in [-0.2, 0) is 14.3 Å². The van der Waals surface area contributed by atoms with Gasteiger partial charge in [0, 0.05) is 11.3 Å². The summed E-state index contributed by atoms with van der Waals surface area (Å²) < 4.78 is 28.5. The van der Waals surface area contributed by atoms with Crippen molar-refractivity contribution in [1.82, 2.24) is 0 Å². The van der Waals surface area contributed by atoms with E-state index in [1.54, 1.807) is 25.1 Å². The standard InChI is InChI=1S/C13H16Cl2O3S/c1-9(11-12(2,3)13(11,14)15)18-19(16,17)10-7-5-4-6-8-10/h4-9,11H,1-3H3. The van der Waals surface area contributed by atoms with Crippen molar-refractivity contribution in [2.24, 2.45) is 11.3 Å². The Labute approximate surface area is 124 Å². The molecule has 1 fully saturated rings. The lowest BCUT2D eigenvalue weighted by Gasteiger charge is -2.14. The summed E-state index contributed by atoms with van der Waals surface area (Å²) in [5.74, 6) is -0.221. The molecular weight excluding hydrogens is 307 g/mol. The Balaban J connectivity index is 2.15. The lowest BCUT2D eigenvalue weighted by molar-refractivity contribution is 0.188. The molecule has 2 rings (SSSR count). The molecule has 1 aromatic carbocycles. The average Bonchev–Trinajstić information content (AvgIpc) is 2.70. The van der Waals surface area contributed by atoms with Crippen LogP contribution in [-0.4, -0.2) is 18.9 Å². The lowest BCUT2D eigenvalue weighted by atomic mass is 10.1. The van der Waals surface area contributed by atoms with E-state index in [9.17, 15) is 8.42 Å². The van der Waals surface area contributed by atoms with Gasteiger partial charge in [-0.25, -0.2) is 0 Å². The van der Waals surface area contributed by atoms with Crippen LogP contribution in [0.15, 0.2) is 35.2 Å². The first kappa shape index (κ1) is 15.1. The molecule has 1 aliphatic carbocycles. The minimum Gasteiger partial charge on any atom is -0.263 e. The van der Waals surface area contributed by atoms with E-state index in [1.807, 2.05) is 13.8 Å². The van der Waals surface area contributed by atoms with Crippen LogP contribution in [0.25, 0.3) is 0 Å². The lowest BCUT2D eigenvalue weighted by Crippen LogP contribution is -2.20. The summed E-state index contributed by atoms with van der Waals surface area (Å²) in [7, 11) is -3.78. The smallest absolute Gasteiger partial charge is 0.263 e. The van der Waals surface area contributed by atoms with Crippen LogP contribution >= 0.6 is 23.2 Å². The SMILES string of the molecule is CC(OS(=O)(=O)c1ccccc1)C1C(C)(C)C1(Cl)Cl. The molecule has 1 saturated carbocycles. The zero-order chi connectivity index (χ0) is 14.5. The number of rotatable bonds is 4. The molecule has 0 heterocycles. The minimum atomic E-state index is -3.78. The van der Waals surface area contributed by atoms with Crippen molar-refractivity contribution >= 4 is 33.3 Å². The van der Waals surface area contributed by atoms with Crippen LogP contribution in [0.2, 0.25) is 0 Å². The maximum absolute atomic E-state index is 12.1. The van der Waals surface area contributed by atoms with Crippen molar-refractivity contribution in [3.8, 4) is 0 Å². The molecule has 0 amide bonds. The number of alkyl halides is 2. The first-order valence-electron chi connectivity index (χ1n) is 5.97. The first-order chi connectivity index (χ1) is 8.61. The fourth-order valence-electron chi connectivity index (χ4n) is 2.47. The van der Waals surface area contributed by atoms with Crippen LogP contribution in [0.3, 0.4) is 0 Å². The summed E-state index contributed by atoms with van der Waals surface area (Å²) in [5.41, 5.74) is -0.359. The molecule has 1 aromatic rings. The van der Waals surface area contributed by atoms with Crippen LogP contribution in [0, 0.1) is 11.3 Å². The van der Waals surface area contributed by atoms with E-state index < -0.39 is 20.6 Å². The molecule has 0 bridgehead atoms. The maximum Gasteiger partial charge on any atom is 0.297 e. The van der Waals surface area contributed by atoms with Crippen LogP contribution in [0.1, 0.15) is 20.8 Å². The normalized spacial score (nSPS) is 25.8. The molecule has 106 valence electrons. The number of hydrogen-bond donors (Lipinski definition) is 0. The Morgan fingerprint density at radius 3 is 2.11 bits per heavy atom. The van der Waals surface area contributed by atoms with Gasteiger partial charge in [0.05, 0.1) is 11.0 Å². The Kier molecular flexibility index (Phi) is 3.67. The second-order valence-electron chi connectivity index (χ2n) is 5.39. The molecule has 0 radical (unpaired) electrons. The third-order valence-electron chi connectivity index (χ3n) is 3.72. The van der Waals surface area contributed by atoms with Gasteiger partial charge in [-0.15, -0.1) is 23.2 Å². The highest BCUT2D eigenvalue weighted by molar-refractivity contribution is 7.86. The Morgan fingerprint density at radius 2 is 1.68 bits per heavy atom. The fraction of sp³-hybridized carbons (Fsp3) is 0.538. The fourth-order valence-corrected chi connectivity index (χ4v) is 4.61. The van der Waals surface area contributed by atoms with Crippen molar-refractivity contribution in [1.29, 1.82) is 0 Å². The summed E-state index contributed by atoms with van der Waals surface area (Å²) in [6.07, 6.45) is -0.574. The monoisotopic (exact) mass is 322 g/mol. The topological polar surface area (TPSA) is 43.4 Å². The van der Waals surface area contributed by atoms with Gasteiger partial charge in [0.1, 0.15) is 4.33 Å². The van der Waals surface area contributed by atoms with Crippen LogP contribution in [0.4, 0.5) is 0 Å². The summed E-state index contributed by atoms with van der Waals surface area (Å²) >= 11 is 12.3. The second-order valence-corrected chi connectivity index (χ2v) is 8.35. The molecule has 19 heavy (non-hydrogen) atoms. The largest absolute Gasteiger partial charge is 0.297 e. The quantitative estimate of drug-likeness (QED) is 0.628. The Morgan fingerprint density at radius 1 is 1.21 bits per heavy atom. The number of hydrogen-bond acceptors (Lipinski definition) is 3. The van der Waals surface area contributed by atoms with Crippen molar-refractivity contribution in [2.75, 3.05) is 0 Å². The minimum absolute atomic E-state index is 0.134. The van der Waals surface area contributed by atoms with Gasteiger partial charge in [0.25, 0.3) is 10.1 Å². The molecular formula is C13H16Cl2O3S. The highest BCUT2D eigenvalue weighted by Gasteiger charge is 2.72. The molecule has 1 aliphatic rings. The van der Waals surface area contributed by atoms with Gasteiger partial charge in [0.15, 0.2) is 0 Å². The predicted octanol–water partition coefficient (Wildman–Crippen LogP) is 3.61. The van der Waals surface area contributed by atoms with Crippen LogP contribution < -0.4 is 0 Å². The molecule has 0 spiro atoms. The van der Waals surface area contributed by atoms with Gasteiger partial charge >= 0.3 is 0 Å². The van der Waals surface area contributed by atoms with E-state index in [0.717, 1.165) is 0 Å². The van der Waals surface area contributed by atoms with Crippen molar-refractivity contribution in [2.45, 2.75) is 36.1 Å². The van der Waals surface area contributed by atoms with Gasteiger partial charge in [-0.05, 0) is 19.1 Å². The highest BCUT2D eigenvalue weighted by atomic mass is 35.5. The summed E-state index contributed by atoms with van der Waals surface area (Å²) in [5, 5.41) is 0. The van der Waals surface area contributed by atoms with Crippen molar-refractivity contribution in [3.05, 3.63) is 30.3 Å². The Bertz CT molecular complexity index is 553. The summed E-state index contributed by atoms with van der Waals surface area (Å²) in [6, 6.07) is 8.03. The third kappa shape index (κ3) is 2.51. The van der Waals surface area contributed by atoms with Crippen molar-refractivity contribution < 1.29 is 12.6 Å². The number of halogens is 2. The highest BCUT2D eigenvalue weighted by Crippen LogP contribution is 2.70. The van der Waals surface area contributed by atoms with Crippen LogP contribution in [0.5, 0.6) is 0 Å². The molecule has 0 saturated heterocycles. The molecule has 0 aromatic heterocycles. The predicted molar refractivity (Wildman–Crippen MR) is 75.9 cm³/mol. The van der Waals surface area contributed by atoms with Gasteiger partial charge < -0.3 is 0 Å². The average molecular weight is 323 g/mol. The zero-order valence-electron chi connectivity index (χ0n) is 10.9. The van der Waals surface area contributed by atoms with E-state index in [2.05, 4.69) is 0 Å². The van der Waals surface area contributed by atoms with Gasteiger partial charge in [-0.2, -0.15) is 8.42 Å². The van der Waals surface area contributed by atoms with E-state index in [0.29, 0.717) is 0 Å². The van der Waals surface area contributed by atoms with E-state index in [1.165, 1.54) is 12.1 Å². The number of benzene rings is 1. The van der Waals surface area contributed by atoms with Gasteiger partial charge in [0.2, 0.25) is 0 Å². The first-order valence-corrected chi connectivity index (χ1v) is 8.13. The molecule has 2 atom stereocenters. The maximum atomic E-state index is 12.1. The van der Waals surface area contributed by atoms with Crippen molar-refractivity contribution in [3.63, 3.8) is 0 Å². The van der Waals surface area contributed by atoms with E-state index in [-0.39, 0.29) is 16.2 Å². The van der Waals surface area contributed by atoms with E-state index in [4.69, 9.17) is 27.4 Å². The summed E-state index contributed by atoms with van der Waals surface area (Å²) in [6.45, 7) is 5.47. The Hall–Kier alpha value is -0.290. The summed E-state index contributed by atoms with van der Waals surface area (Å²) in [4.78, 5) is 0.134. The second kappa shape index (κ2) is 4.62. The molecule has 0 aliphatic heterocycles. The zero-order valence-corrected chi connectivity index (χ0v) is 13.3. The third-order valence-corrected chi connectivity index (χ3v) is 6.57. The molecule has 2 unspecified atom stereocenters.